The van der Waals surface area contributed by atoms with Crippen molar-refractivity contribution in [3.8, 4) is 5.75 Å². The van der Waals surface area contributed by atoms with Gasteiger partial charge in [0.05, 0.1) is 31.8 Å². The highest BCUT2D eigenvalue weighted by Gasteiger charge is 2.49. The Morgan fingerprint density at radius 2 is 1.86 bits per heavy atom. The molecule has 0 radical (unpaired) electrons. The third kappa shape index (κ3) is 4.57. The van der Waals surface area contributed by atoms with Crippen molar-refractivity contribution in [2.75, 3.05) is 20.3 Å². The van der Waals surface area contributed by atoms with Crippen LogP contribution in [0.1, 0.15) is 55.0 Å². The van der Waals surface area contributed by atoms with Crippen molar-refractivity contribution < 1.29 is 28.6 Å². The third-order valence-electron chi connectivity index (χ3n) is 6.74. The lowest BCUT2D eigenvalue weighted by Gasteiger charge is -2.39. The van der Waals surface area contributed by atoms with Crippen LogP contribution in [0.5, 0.6) is 5.75 Å². The first-order valence-electron chi connectivity index (χ1n) is 12.1. The summed E-state index contributed by atoms with van der Waals surface area (Å²) in [5.74, 6) is -2.82. The van der Waals surface area contributed by atoms with Gasteiger partial charge >= 0.3 is 11.9 Å². The number of rotatable bonds is 7. The molecule has 1 aliphatic heterocycles. The molecular weight excluding hydrogens is 478 g/mol. The Morgan fingerprint density at radius 1 is 1.11 bits per heavy atom. The Hall–Kier alpha value is -3.39. The Balaban J connectivity index is 1.89. The van der Waals surface area contributed by atoms with Gasteiger partial charge in [-0.15, -0.1) is 11.3 Å². The van der Waals surface area contributed by atoms with Crippen molar-refractivity contribution in [3.05, 3.63) is 74.3 Å². The van der Waals surface area contributed by atoms with Crippen molar-refractivity contribution in [2.45, 2.75) is 46.0 Å². The summed E-state index contributed by atoms with van der Waals surface area (Å²) >= 11 is 1.49. The number of carbonyl (C=O) groups is 3. The smallest absolute Gasteiger partial charge is 0.336 e. The first kappa shape index (κ1) is 25.7. The van der Waals surface area contributed by atoms with E-state index in [4.69, 9.17) is 14.2 Å². The van der Waals surface area contributed by atoms with Crippen molar-refractivity contribution >= 4 is 29.1 Å². The van der Waals surface area contributed by atoms with Crippen LogP contribution in [0.15, 0.2) is 58.3 Å². The quantitative estimate of drug-likeness (QED) is 0.424. The number of allylic oxidation sites excluding steroid dienone is 3. The normalized spacial score (nSPS) is 21.6. The monoisotopic (exact) mass is 509 g/mol. The number of dihydropyridines is 1. The van der Waals surface area contributed by atoms with E-state index in [-0.39, 0.29) is 19.0 Å². The van der Waals surface area contributed by atoms with Gasteiger partial charge in [-0.25, -0.2) is 4.79 Å². The zero-order valence-electron chi connectivity index (χ0n) is 21.2. The standard InChI is InChI=1S/C28H31NO6S/c1-6-34-27(31)21-16(4)29-20-14-19(17-9-8-10-18(13-17)33-5)22(28(32)35-7-2)25(30)23(20)24(21)26-15(3)11-12-36-26/h8-13,19,22,24,29H,6-7,14H2,1-5H3/t19-,22+,24-/m1/s1. The highest BCUT2D eigenvalue weighted by Crippen LogP contribution is 2.49. The first-order chi connectivity index (χ1) is 17.3. The summed E-state index contributed by atoms with van der Waals surface area (Å²) in [7, 11) is 1.58. The average molecular weight is 510 g/mol. The molecule has 0 unspecified atom stereocenters. The van der Waals surface area contributed by atoms with Gasteiger partial charge < -0.3 is 19.5 Å². The molecule has 2 aliphatic rings. The molecule has 2 heterocycles. The van der Waals surface area contributed by atoms with Crippen molar-refractivity contribution in [1.29, 1.82) is 0 Å². The molecule has 3 atom stereocenters. The highest BCUT2D eigenvalue weighted by molar-refractivity contribution is 7.10. The highest BCUT2D eigenvalue weighted by atomic mass is 32.1. The van der Waals surface area contributed by atoms with Crippen LogP contribution in [-0.2, 0) is 23.9 Å². The summed E-state index contributed by atoms with van der Waals surface area (Å²) in [6.45, 7) is 7.64. The molecule has 0 amide bonds. The lowest BCUT2D eigenvalue weighted by molar-refractivity contribution is -0.152. The molecule has 0 saturated carbocycles. The van der Waals surface area contributed by atoms with Crippen LogP contribution in [0.2, 0.25) is 0 Å². The lowest BCUT2D eigenvalue weighted by atomic mass is 9.68. The fraction of sp³-hybridized carbons (Fsp3) is 0.393. The first-order valence-corrected chi connectivity index (χ1v) is 13.0. The van der Waals surface area contributed by atoms with Crippen LogP contribution < -0.4 is 10.1 Å². The molecule has 1 aliphatic carbocycles. The number of hydrogen-bond donors (Lipinski definition) is 1. The number of methoxy groups -OCH3 is 1. The average Bonchev–Trinajstić information content (AvgIpc) is 3.28. The molecule has 36 heavy (non-hydrogen) atoms. The number of hydrogen-bond acceptors (Lipinski definition) is 8. The fourth-order valence-corrected chi connectivity index (χ4v) is 6.19. The van der Waals surface area contributed by atoms with Crippen LogP contribution >= 0.6 is 11.3 Å². The third-order valence-corrected chi connectivity index (χ3v) is 7.82. The number of aryl methyl sites for hydroxylation is 1. The summed E-state index contributed by atoms with van der Waals surface area (Å²) in [6, 6.07) is 9.39. The van der Waals surface area contributed by atoms with E-state index in [0.717, 1.165) is 21.7 Å². The number of ketones is 1. The molecule has 1 aromatic heterocycles. The second kappa shape index (κ2) is 10.7. The van der Waals surface area contributed by atoms with Gasteiger partial charge in [0.25, 0.3) is 0 Å². The Kier molecular flexibility index (Phi) is 7.64. The number of ether oxygens (including phenoxy) is 3. The SMILES string of the molecule is CCOC(=O)C1=C(C)NC2=C(C(=O)[C@@H](C(=O)OCC)[C@@H](c3cccc(OC)c3)C2)[C@@H]1c1sccc1C. The number of Topliss-reactive ketones (excluding diaryl/α,β-unsaturated/α-hetero) is 1. The van der Waals surface area contributed by atoms with Crippen molar-refractivity contribution in [1.82, 2.24) is 5.32 Å². The molecule has 1 aromatic carbocycles. The van der Waals surface area contributed by atoms with E-state index in [0.29, 0.717) is 29.0 Å². The van der Waals surface area contributed by atoms with E-state index in [2.05, 4.69) is 5.32 Å². The zero-order chi connectivity index (χ0) is 26.0. The minimum Gasteiger partial charge on any atom is -0.497 e. The molecule has 8 heteroatoms. The number of carbonyl (C=O) groups excluding carboxylic acids is 3. The van der Waals surface area contributed by atoms with E-state index >= 15 is 0 Å². The maximum atomic E-state index is 14.3. The van der Waals surface area contributed by atoms with Gasteiger partial charge in [0.15, 0.2) is 5.78 Å². The van der Waals surface area contributed by atoms with Gasteiger partial charge in [-0.05, 0) is 68.8 Å². The van der Waals surface area contributed by atoms with E-state index in [1.807, 2.05) is 49.6 Å². The van der Waals surface area contributed by atoms with E-state index in [9.17, 15) is 14.4 Å². The van der Waals surface area contributed by atoms with Crippen LogP contribution in [0.4, 0.5) is 0 Å². The summed E-state index contributed by atoms with van der Waals surface area (Å²) in [6.07, 6.45) is 0.409. The van der Waals surface area contributed by atoms with Crippen LogP contribution in [0, 0.1) is 12.8 Å². The molecule has 0 fully saturated rings. The van der Waals surface area contributed by atoms with Crippen LogP contribution in [-0.4, -0.2) is 38.0 Å². The molecule has 4 rings (SSSR count). The molecule has 0 spiro atoms. The second-order valence-corrected chi connectivity index (χ2v) is 9.81. The predicted molar refractivity (Wildman–Crippen MR) is 137 cm³/mol. The predicted octanol–water partition coefficient (Wildman–Crippen LogP) is 4.78. The number of thiophene rings is 1. The van der Waals surface area contributed by atoms with Crippen LogP contribution in [0.3, 0.4) is 0 Å². The van der Waals surface area contributed by atoms with Crippen molar-refractivity contribution in [2.24, 2.45) is 5.92 Å². The van der Waals surface area contributed by atoms with E-state index < -0.39 is 29.7 Å². The maximum Gasteiger partial charge on any atom is 0.336 e. The number of nitrogens with one attached hydrogen (secondary N) is 1. The number of benzene rings is 1. The molecule has 2 aromatic rings. The summed E-state index contributed by atoms with van der Waals surface area (Å²) in [5, 5.41) is 5.27. The molecule has 190 valence electrons. The van der Waals surface area contributed by atoms with Gasteiger partial charge in [0.1, 0.15) is 11.7 Å². The fourth-order valence-electron chi connectivity index (χ4n) is 5.14. The Labute approximate surface area is 215 Å². The summed E-state index contributed by atoms with van der Waals surface area (Å²) in [4.78, 5) is 41.5. The van der Waals surface area contributed by atoms with Gasteiger partial charge in [-0.3, -0.25) is 9.59 Å². The largest absolute Gasteiger partial charge is 0.497 e. The Morgan fingerprint density at radius 3 is 2.50 bits per heavy atom. The van der Waals surface area contributed by atoms with Crippen LogP contribution in [0.25, 0.3) is 0 Å². The summed E-state index contributed by atoms with van der Waals surface area (Å²) in [5.41, 5.74) is 4.00. The Bertz CT molecular complexity index is 1260. The topological polar surface area (TPSA) is 90.9 Å². The van der Waals surface area contributed by atoms with Gasteiger partial charge in [0.2, 0.25) is 0 Å². The second-order valence-electron chi connectivity index (χ2n) is 8.86. The maximum absolute atomic E-state index is 14.3. The molecule has 0 saturated heterocycles. The minimum absolute atomic E-state index is 0.165. The van der Waals surface area contributed by atoms with Gasteiger partial charge in [-0.2, -0.15) is 0 Å². The van der Waals surface area contributed by atoms with Gasteiger partial charge in [0, 0.05) is 27.8 Å². The molecule has 1 N–H and O–H groups in total. The minimum atomic E-state index is -1.04. The summed E-state index contributed by atoms with van der Waals surface area (Å²) < 4.78 is 16.2. The lowest BCUT2D eigenvalue weighted by Crippen LogP contribution is -2.43. The molecule has 0 bridgehead atoms. The number of esters is 2. The van der Waals surface area contributed by atoms with E-state index in [1.165, 1.54) is 11.3 Å². The zero-order valence-corrected chi connectivity index (χ0v) is 22.0. The molecule has 7 nitrogen and oxygen atoms in total. The van der Waals surface area contributed by atoms with E-state index in [1.54, 1.807) is 21.0 Å². The molecular formula is C28H31NO6S. The van der Waals surface area contributed by atoms with Gasteiger partial charge in [-0.1, -0.05) is 12.1 Å². The van der Waals surface area contributed by atoms with Crippen molar-refractivity contribution in [3.63, 3.8) is 0 Å².